The van der Waals surface area contributed by atoms with Crippen LogP contribution in [-0.4, -0.2) is 19.5 Å². The molecule has 0 aromatic heterocycles. The van der Waals surface area contributed by atoms with E-state index in [0.29, 0.717) is 11.5 Å². The molecule has 0 saturated heterocycles. The van der Waals surface area contributed by atoms with E-state index in [4.69, 9.17) is 9.47 Å². The van der Waals surface area contributed by atoms with E-state index in [9.17, 15) is 18.0 Å². The van der Waals surface area contributed by atoms with Gasteiger partial charge in [0.2, 0.25) is 0 Å². The van der Waals surface area contributed by atoms with Crippen molar-refractivity contribution in [1.29, 1.82) is 0 Å². The minimum absolute atomic E-state index is 0.0664. The predicted octanol–water partition coefficient (Wildman–Crippen LogP) is 4.37. The summed E-state index contributed by atoms with van der Waals surface area (Å²) in [6.45, 7) is -0.0790. The fraction of sp³-hybridized carbons (Fsp3) is 0.167. The molecule has 0 aliphatic carbocycles. The first-order valence-corrected chi connectivity index (χ1v) is 7.12. The number of halogens is 3. The Labute approximate surface area is 136 Å². The van der Waals surface area contributed by atoms with E-state index in [1.54, 1.807) is 12.1 Å². The van der Waals surface area contributed by atoms with Crippen molar-refractivity contribution in [1.82, 2.24) is 0 Å². The Hall–Kier alpha value is -2.76. The van der Waals surface area contributed by atoms with Crippen LogP contribution in [-0.2, 0) is 6.18 Å². The summed E-state index contributed by atoms with van der Waals surface area (Å²) >= 11 is 0. The van der Waals surface area contributed by atoms with E-state index in [1.165, 1.54) is 37.5 Å². The van der Waals surface area contributed by atoms with E-state index in [1.807, 2.05) is 0 Å². The predicted molar refractivity (Wildman–Crippen MR) is 82.2 cm³/mol. The van der Waals surface area contributed by atoms with Crippen molar-refractivity contribution in [3.8, 4) is 11.5 Å². The lowest BCUT2D eigenvalue weighted by Gasteiger charge is -2.20. The average Bonchev–Trinajstić information content (AvgIpc) is 2.57. The first-order chi connectivity index (χ1) is 11.4. The summed E-state index contributed by atoms with van der Waals surface area (Å²) in [4.78, 5) is 12.6. The molecule has 1 aliphatic rings. The molecule has 0 saturated carbocycles. The van der Waals surface area contributed by atoms with Crippen molar-refractivity contribution >= 4 is 11.9 Å². The monoisotopic (exact) mass is 334 g/mol. The second-order valence-corrected chi connectivity index (χ2v) is 5.23. The fourth-order valence-electron chi connectivity index (χ4n) is 2.51. The third-order valence-electron chi connectivity index (χ3n) is 3.70. The zero-order valence-corrected chi connectivity index (χ0v) is 12.7. The van der Waals surface area contributed by atoms with Crippen LogP contribution in [0.3, 0.4) is 0 Å². The molecule has 2 aromatic rings. The lowest BCUT2D eigenvalue weighted by atomic mass is 9.96. The van der Waals surface area contributed by atoms with Crippen molar-refractivity contribution in [3.05, 3.63) is 64.7 Å². The zero-order valence-electron chi connectivity index (χ0n) is 12.7. The number of methoxy groups -OCH3 is 1. The maximum atomic E-state index is 13.1. The highest BCUT2D eigenvalue weighted by Crippen LogP contribution is 2.35. The molecule has 0 N–H and O–H groups in total. The Morgan fingerprint density at radius 2 is 1.92 bits per heavy atom. The minimum atomic E-state index is -4.49. The van der Waals surface area contributed by atoms with Gasteiger partial charge in [-0.05, 0) is 35.9 Å². The number of carbonyl (C=O) groups is 1. The third-order valence-corrected chi connectivity index (χ3v) is 3.70. The molecule has 0 amide bonds. The van der Waals surface area contributed by atoms with E-state index in [-0.39, 0.29) is 29.1 Å². The standard InChI is InChI=1S/C18H13F3O3/c1-23-13-6-7-16-14(9-13)17(22)12(10-24-16)8-11-4-2-3-5-15(11)18(19,20)21/h2-9H,10H2,1H3. The highest BCUT2D eigenvalue weighted by Gasteiger charge is 2.33. The molecular weight excluding hydrogens is 321 g/mol. The highest BCUT2D eigenvalue weighted by atomic mass is 19.4. The van der Waals surface area contributed by atoms with Gasteiger partial charge in [0, 0.05) is 5.57 Å². The number of alkyl halides is 3. The summed E-state index contributed by atoms with van der Waals surface area (Å²) in [5.74, 6) is 0.497. The van der Waals surface area contributed by atoms with Crippen molar-refractivity contribution in [3.63, 3.8) is 0 Å². The molecule has 3 nitrogen and oxygen atoms in total. The first kappa shape index (κ1) is 16.1. The Balaban J connectivity index is 2.03. The lowest BCUT2D eigenvalue weighted by Crippen LogP contribution is -2.19. The first-order valence-electron chi connectivity index (χ1n) is 7.12. The van der Waals surface area contributed by atoms with E-state index in [2.05, 4.69) is 0 Å². The Bertz CT molecular complexity index is 822. The molecule has 0 atom stereocenters. The Morgan fingerprint density at radius 3 is 2.62 bits per heavy atom. The second kappa shape index (κ2) is 6.03. The molecule has 124 valence electrons. The molecule has 0 radical (unpaired) electrons. The van der Waals surface area contributed by atoms with Crippen molar-refractivity contribution in [2.24, 2.45) is 0 Å². The number of rotatable bonds is 2. The highest BCUT2D eigenvalue weighted by molar-refractivity contribution is 6.14. The molecule has 2 aromatic carbocycles. The summed E-state index contributed by atoms with van der Waals surface area (Å²) in [6, 6.07) is 9.88. The molecule has 0 unspecified atom stereocenters. The Morgan fingerprint density at radius 1 is 1.17 bits per heavy atom. The van der Waals surface area contributed by atoms with Crippen LogP contribution in [0.15, 0.2) is 48.0 Å². The largest absolute Gasteiger partial charge is 0.497 e. The number of ether oxygens (including phenoxy) is 2. The zero-order chi connectivity index (χ0) is 17.3. The molecular formula is C18H13F3O3. The van der Waals surface area contributed by atoms with Gasteiger partial charge in [-0.3, -0.25) is 4.79 Å². The number of carbonyl (C=O) groups excluding carboxylic acids is 1. The van der Waals surface area contributed by atoms with Gasteiger partial charge < -0.3 is 9.47 Å². The fourth-order valence-corrected chi connectivity index (χ4v) is 2.51. The van der Waals surface area contributed by atoms with Crippen molar-refractivity contribution < 1.29 is 27.4 Å². The quantitative estimate of drug-likeness (QED) is 0.765. The van der Waals surface area contributed by atoms with Crippen LogP contribution in [0.2, 0.25) is 0 Å². The third kappa shape index (κ3) is 2.99. The normalized spacial score (nSPS) is 15.8. The maximum Gasteiger partial charge on any atom is 0.416 e. The molecule has 1 heterocycles. The van der Waals surface area contributed by atoms with Gasteiger partial charge in [-0.15, -0.1) is 0 Å². The number of fused-ring (bicyclic) bond motifs is 1. The minimum Gasteiger partial charge on any atom is -0.497 e. The summed E-state index contributed by atoms with van der Waals surface area (Å²) in [5, 5.41) is 0. The van der Waals surface area contributed by atoms with Crippen LogP contribution in [0.25, 0.3) is 6.08 Å². The maximum absolute atomic E-state index is 13.1. The van der Waals surface area contributed by atoms with Gasteiger partial charge in [0.25, 0.3) is 0 Å². The van der Waals surface area contributed by atoms with Crippen molar-refractivity contribution in [2.45, 2.75) is 6.18 Å². The van der Waals surface area contributed by atoms with Crippen molar-refractivity contribution in [2.75, 3.05) is 13.7 Å². The molecule has 6 heteroatoms. The van der Waals surface area contributed by atoms with Crippen LogP contribution in [0.5, 0.6) is 11.5 Å². The molecule has 0 fully saturated rings. The number of hydrogen-bond donors (Lipinski definition) is 0. The SMILES string of the molecule is COc1ccc2c(c1)C(=O)C(=Cc1ccccc1C(F)(F)F)CO2. The second-order valence-electron chi connectivity index (χ2n) is 5.23. The molecule has 0 bridgehead atoms. The van der Waals surface area contributed by atoms with Gasteiger partial charge in [-0.2, -0.15) is 13.2 Å². The van der Waals surface area contributed by atoms with Crippen LogP contribution in [0.4, 0.5) is 13.2 Å². The van der Waals surface area contributed by atoms with Gasteiger partial charge in [0.05, 0.1) is 18.2 Å². The van der Waals surface area contributed by atoms with Gasteiger partial charge >= 0.3 is 6.18 Å². The van der Waals surface area contributed by atoms with Gasteiger partial charge in [0.1, 0.15) is 18.1 Å². The molecule has 3 rings (SSSR count). The van der Waals surface area contributed by atoms with Crippen LogP contribution in [0, 0.1) is 0 Å². The molecule has 24 heavy (non-hydrogen) atoms. The van der Waals surface area contributed by atoms with E-state index in [0.717, 1.165) is 6.07 Å². The summed E-state index contributed by atoms with van der Waals surface area (Å²) < 4.78 is 49.8. The smallest absolute Gasteiger partial charge is 0.416 e. The summed E-state index contributed by atoms with van der Waals surface area (Å²) in [6.07, 6.45) is -3.26. The van der Waals surface area contributed by atoms with Gasteiger partial charge in [-0.1, -0.05) is 18.2 Å². The Kier molecular flexibility index (Phi) is 4.05. The number of hydrogen-bond acceptors (Lipinski definition) is 3. The number of Topliss-reactive ketones (excluding diaryl/α,β-unsaturated/α-hetero) is 1. The molecule has 1 aliphatic heterocycles. The van der Waals surface area contributed by atoms with Crippen LogP contribution < -0.4 is 9.47 Å². The van der Waals surface area contributed by atoms with Crippen LogP contribution in [0.1, 0.15) is 21.5 Å². The summed E-state index contributed by atoms with van der Waals surface area (Å²) in [7, 11) is 1.46. The average molecular weight is 334 g/mol. The lowest BCUT2D eigenvalue weighted by molar-refractivity contribution is -0.137. The molecule has 0 spiro atoms. The van der Waals surface area contributed by atoms with Gasteiger partial charge in [-0.25, -0.2) is 0 Å². The number of benzene rings is 2. The van der Waals surface area contributed by atoms with Crippen LogP contribution >= 0.6 is 0 Å². The van der Waals surface area contributed by atoms with E-state index < -0.39 is 11.7 Å². The topological polar surface area (TPSA) is 35.5 Å². The van der Waals surface area contributed by atoms with Gasteiger partial charge in [0.15, 0.2) is 5.78 Å². The number of ketones is 1. The van der Waals surface area contributed by atoms with E-state index >= 15 is 0 Å². The summed E-state index contributed by atoms with van der Waals surface area (Å²) in [5.41, 5.74) is -0.422.